The van der Waals surface area contributed by atoms with Crippen LogP contribution in [0, 0.1) is 11.7 Å². The molecule has 1 saturated carbocycles. The van der Waals surface area contributed by atoms with Crippen LogP contribution in [0.25, 0.3) is 0 Å². The summed E-state index contributed by atoms with van der Waals surface area (Å²) in [6.45, 7) is 2.10. The molecule has 0 heterocycles. The number of benzene rings is 1. The number of hydrogen-bond acceptors (Lipinski definition) is 2. The molecule has 2 nitrogen and oxygen atoms in total. The van der Waals surface area contributed by atoms with Gasteiger partial charge in [-0.05, 0) is 31.4 Å². The summed E-state index contributed by atoms with van der Waals surface area (Å²) in [4.78, 5) is 0. The maximum absolute atomic E-state index is 13.0. The number of anilines is 1. The van der Waals surface area contributed by atoms with Gasteiger partial charge < -0.3 is 10.4 Å². The zero-order chi connectivity index (χ0) is 10.8. The van der Waals surface area contributed by atoms with E-state index < -0.39 is 5.82 Å². The van der Waals surface area contributed by atoms with Gasteiger partial charge in [-0.3, -0.25) is 0 Å². The Kier molecular flexibility index (Phi) is 2.80. The molecule has 0 aromatic heterocycles. The van der Waals surface area contributed by atoms with Gasteiger partial charge in [0, 0.05) is 17.8 Å². The van der Waals surface area contributed by atoms with Crippen LogP contribution in [0.2, 0.25) is 0 Å². The summed E-state index contributed by atoms with van der Waals surface area (Å²) in [5, 5.41) is 12.3. The molecule has 0 amide bonds. The topological polar surface area (TPSA) is 32.3 Å². The smallest absolute Gasteiger partial charge is 0.166 e. The van der Waals surface area contributed by atoms with Crippen LogP contribution in [-0.2, 0) is 0 Å². The lowest BCUT2D eigenvalue weighted by molar-refractivity contribution is 0.432. The van der Waals surface area contributed by atoms with E-state index in [1.165, 1.54) is 25.0 Å². The fraction of sp³-hybridized carbons (Fsp3) is 0.500. The van der Waals surface area contributed by atoms with Crippen molar-refractivity contribution in [2.45, 2.75) is 32.2 Å². The van der Waals surface area contributed by atoms with E-state index >= 15 is 0 Å². The molecular weight excluding hydrogens is 193 g/mol. The molecule has 0 radical (unpaired) electrons. The molecule has 1 fully saturated rings. The van der Waals surface area contributed by atoms with E-state index in [2.05, 4.69) is 12.2 Å². The van der Waals surface area contributed by atoms with Crippen molar-refractivity contribution < 1.29 is 9.50 Å². The summed E-state index contributed by atoms with van der Waals surface area (Å²) >= 11 is 0. The molecule has 0 aliphatic heterocycles. The number of aromatic hydroxyl groups is 1. The Bertz CT molecular complexity index is 349. The predicted octanol–water partition coefficient (Wildman–Crippen LogP) is 3.13. The minimum atomic E-state index is -0.571. The van der Waals surface area contributed by atoms with Gasteiger partial charge in [0.05, 0.1) is 0 Å². The van der Waals surface area contributed by atoms with Gasteiger partial charge in [0.15, 0.2) is 11.6 Å². The molecule has 1 unspecified atom stereocenters. The number of phenolic OH excluding ortho intramolecular Hbond substituents is 1. The van der Waals surface area contributed by atoms with Crippen LogP contribution in [0.15, 0.2) is 18.2 Å². The van der Waals surface area contributed by atoms with Crippen LogP contribution in [0.5, 0.6) is 5.75 Å². The van der Waals surface area contributed by atoms with Gasteiger partial charge in [-0.15, -0.1) is 0 Å². The third-order valence-corrected chi connectivity index (χ3v) is 2.74. The standard InChI is InChI=1S/C12H16FNO/c1-8(6-9-2-3-9)14-10-4-5-12(15)11(13)7-10/h4-5,7-9,14-15H,2-3,6H2,1H3. The lowest BCUT2D eigenvalue weighted by atomic mass is 10.1. The molecule has 15 heavy (non-hydrogen) atoms. The van der Waals surface area contributed by atoms with Gasteiger partial charge in [0.1, 0.15) is 0 Å². The average molecular weight is 209 g/mol. The minimum absolute atomic E-state index is 0.296. The van der Waals surface area contributed by atoms with E-state index in [4.69, 9.17) is 5.11 Å². The largest absolute Gasteiger partial charge is 0.505 e. The van der Waals surface area contributed by atoms with Crippen LogP contribution in [0.1, 0.15) is 26.2 Å². The van der Waals surface area contributed by atoms with E-state index in [0.717, 1.165) is 18.0 Å². The molecule has 0 spiro atoms. The normalized spacial score (nSPS) is 17.5. The molecule has 0 bridgehead atoms. The summed E-state index contributed by atoms with van der Waals surface area (Å²) in [5.74, 6) is -0.0107. The number of rotatable bonds is 4. The fourth-order valence-electron chi connectivity index (χ4n) is 1.79. The zero-order valence-corrected chi connectivity index (χ0v) is 8.83. The highest BCUT2D eigenvalue weighted by Gasteiger charge is 2.23. The highest BCUT2D eigenvalue weighted by Crippen LogP contribution is 2.34. The van der Waals surface area contributed by atoms with Gasteiger partial charge in [-0.1, -0.05) is 12.8 Å². The number of hydrogen-bond donors (Lipinski definition) is 2. The first-order chi connectivity index (χ1) is 7.15. The van der Waals surface area contributed by atoms with Crippen LogP contribution in [-0.4, -0.2) is 11.1 Å². The first-order valence-electron chi connectivity index (χ1n) is 5.40. The zero-order valence-electron chi connectivity index (χ0n) is 8.83. The second-order valence-electron chi connectivity index (χ2n) is 4.39. The van der Waals surface area contributed by atoms with Gasteiger partial charge in [-0.25, -0.2) is 4.39 Å². The molecule has 0 saturated heterocycles. The molecule has 1 aromatic carbocycles. The van der Waals surface area contributed by atoms with Crippen molar-refractivity contribution in [3.8, 4) is 5.75 Å². The lowest BCUT2D eigenvalue weighted by Gasteiger charge is -2.14. The van der Waals surface area contributed by atoms with Crippen LogP contribution < -0.4 is 5.32 Å². The molecule has 1 atom stereocenters. The fourth-order valence-corrected chi connectivity index (χ4v) is 1.79. The molecule has 1 aliphatic carbocycles. The third kappa shape index (κ3) is 2.85. The van der Waals surface area contributed by atoms with Crippen molar-refractivity contribution in [1.82, 2.24) is 0 Å². The summed E-state index contributed by atoms with van der Waals surface area (Å²) in [7, 11) is 0. The summed E-state index contributed by atoms with van der Waals surface area (Å²) in [6, 6.07) is 4.77. The van der Waals surface area contributed by atoms with Crippen LogP contribution in [0.3, 0.4) is 0 Å². The number of halogens is 1. The third-order valence-electron chi connectivity index (χ3n) is 2.74. The van der Waals surface area contributed by atoms with Crippen molar-refractivity contribution in [3.63, 3.8) is 0 Å². The van der Waals surface area contributed by atoms with E-state index in [0.29, 0.717) is 6.04 Å². The quantitative estimate of drug-likeness (QED) is 0.747. The van der Waals surface area contributed by atoms with E-state index in [1.807, 2.05) is 0 Å². The SMILES string of the molecule is CC(CC1CC1)Nc1ccc(O)c(F)c1. The van der Waals surface area contributed by atoms with Crippen molar-refractivity contribution in [2.24, 2.45) is 5.92 Å². The maximum atomic E-state index is 13.0. The molecule has 2 rings (SSSR count). The van der Waals surface area contributed by atoms with Gasteiger partial charge >= 0.3 is 0 Å². The highest BCUT2D eigenvalue weighted by molar-refractivity contribution is 5.47. The first-order valence-corrected chi connectivity index (χ1v) is 5.40. The molecule has 1 aliphatic rings. The lowest BCUT2D eigenvalue weighted by Crippen LogP contribution is -2.15. The predicted molar refractivity (Wildman–Crippen MR) is 58.5 cm³/mol. The summed E-state index contributed by atoms with van der Waals surface area (Å²) in [6.07, 6.45) is 3.80. The first kappa shape index (κ1) is 10.3. The Hall–Kier alpha value is -1.25. The minimum Gasteiger partial charge on any atom is -0.505 e. The van der Waals surface area contributed by atoms with Crippen LogP contribution >= 0.6 is 0 Å². The Morgan fingerprint density at radius 3 is 2.87 bits per heavy atom. The van der Waals surface area contributed by atoms with Crippen molar-refractivity contribution in [1.29, 1.82) is 0 Å². The molecular formula is C12H16FNO. The monoisotopic (exact) mass is 209 g/mol. The summed E-state index contributed by atoms with van der Waals surface area (Å²) < 4.78 is 13.0. The van der Waals surface area contributed by atoms with Crippen molar-refractivity contribution >= 4 is 5.69 Å². The van der Waals surface area contributed by atoms with Crippen molar-refractivity contribution in [3.05, 3.63) is 24.0 Å². The molecule has 82 valence electrons. The Morgan fingerprint density at radius 1 is 1.53 bits per heavy atom. The van der Waals surface area contributed by atoms with E-state index in [1.54, 1.807) is 6.07 Å². The number of phenols is 1. The second kappa shape index (κ2) is 4.09. The van der Waals surface area contributed by atoms with Crippen molar-refractivity contribution in [2.75, 3.05) is 5.32 Å². The molecule has 1 aromatic rings. The Balaban J connectivity index is 1.93. The Labute approximate surface area is 89.1 Å². The maximum Gasteiger partial charge on any atom is 0.166 e. The van der Waals surface area contributed by atoms with Gasteiger partial charge in [0.2, 0.25) is 0 Å². The second-order valence-corrected chi connectivity index (χ2v) is 4.39. The van der Waals surface area contributed by atoms with Gasteiger partial charge in [-0.2, -0.15) is 0 Å². The van der Waals surface area contributed by atoms with E-state index in [9.17, 15) is 4.39 Å². The molecule has 2 N–H and O–H groups in total. The highest BCUT2D eigenvalue weighted by atomic mass is 19.1. The number of nitrogens with one attached hydrogen (secondary N) is 1. The average Bonchev–Trinajstić information content (AvgIpc) is 2.95. The Morgan fingerprint density at radius 2 is 2.27 bits per heavy atom. The summed E-state index contributed by atoms with van der Waals surface area (Å²) in [5.41, 5.74) is 0.735. The van der Waals surface area contributed by atoms with Crippen LogP contribution in [0.4, 0.5) is 10.1 Å². The molecule has 3 heteroatoms. The van der Waals surface area contributed by atoms with E-state index in [-0.39, 0.29) is 5.75 Å². The van der Waals surface area contributed by atoms with Gasteiger partial charge in [0.25, 0.3) is 0 Å².